The summed E-state index contributed by atoms with van der Waals surface area (Å²) in [4.78, 5) is 16.4. The topological polar surface area (TPSA) is 77.2 Å². The van der Waals surface area contributed by atoms with E-state index in [1.165, 1.54) is 11.8 Å². The second kappa shape index (κ2) is 9.05. The molecule has 7 heteroatoms. The third-order valence-electron chi connectivity index (χ3n) is 3.43. The Bertz CT molecular complexity index is 835. The molecule has 0 spiro atoms. The Morgan fingerprint density at radius 2 is 1.92 bits per heavy atom. The number of carbonyl (C=O) groups excluding carboxylic acids is 1. The maximum atomic E-state index is 12.0. The van der Waals surface area contributed by atoms with Crippen LogP contribution in [0.2, 0.25) is 0 Å². The number of hydrogen-bond acceptors (Lipinski definition) is 6. The first-order valence-corrected chi connectivity index (χ1v) is 9.23. The highest BCUT2D eigenvalue weighted by Crippen LogP contribution is 2.18. The van der Waals surface area contributed by atoms with Crippen LogP contribution in [0.15, 0.2) is 64.3 Å². The molecule has 0 aliphatic heterocycles. The quantitative estimate of drug-likeness (QED) is 0.609. The number of amides is 1. The summed E-state index contributed by atoms with van der Waals surface area (Å²) in [6.45, 7) is 2.54. The molecule has 1 heterocycles. The van der Waals surface area contributed by atoms with E-state index in [2.05, 4.69) is 15.5 Å². The molecule has 6 nitrogen and oxygen atoms in total. The number of nitrogens with one attached hydrogen (secondary N) is 1. The lowest BCUT2D eigenvalue weighted by Gasteiger charge is -2.06. The van der Waals surface area contributed by atoms with E-state index in [-0.39, 0.29) is 11.7 Å². The minimum absolute atomic E-state index is 0.131. The number of hydrogen-bond donors (Lipinski definition) is 1. The maximum absolute atomic E-state index is 12.0. The van der Waals surface area contributed by atoms with Crippen molar-refractivity contribution in [1.82, 2.24) is 10.1 Å². The van der Waals surface area contributed by atoms with E-state index in [0.717, 1.165) is 17.0 Å². The first-order valence-electron chi connectivity index (χ1n) is 8.25. The molecular weight excluding hydrogens is 350 g/mol. The smallest absolute Gasteiger partial charge is 0.234 e. The Kier molecular flexibility index (Phi) is 6.27. The van der Waals surface area contributed by atoms with Crippen molar-refractivity contribution in [2.45, 2.75) is 18.5 Å². The van der Waals surface area contributed by atoms with E-state index >= 15 is 0 Å². The summed E-state index contributed by atoms with van der Waals surface area (Å²) < 4.78 is 10.6. The number of thioether (sulfide) groups is 1. The van der Waals surface area contributed by atoms with Gasteiger partial charge in [0.25, 0.3) is 0 Å². The van der Waals surface area contributed by atoms with Crippen LogP contribution in [0.5, 0.6) is 5.75 Å². The van der Waals surface area contributed by atoms with E-state index in [4.69, 9.17) is 9.26 Å². The number of carbonyl (C=O) groups is 1. The third kappa shape index (κ3) is 5.35. The van der Waals surface area contributed by atoms with E-state index in [1.807, 2.05) is 49.4 Å². The number of anilines is 1. The monoisotopic (exact) mass is 369 g/mol. The van der Waals surface area contributed by atoms with Crippen LogP contribution in [-0.2, 0) is 11.2 Å². The number of aromatic nitrogens is 2. The number of benzene rings is 2. The average Bonchev–Trinajstić information content (AvgIpc) is 3.10. The van der Waals surface area contributed by atoms with Gasteiger partial charge in [-0.2, -0.15) is 4.98 Å². The van der Waals surface area contributed by atoms with Crippen molar-refractivity contribution < 1.29 is 14.1 Å². The summed E-state index contributed by atoms with van der Waals surface area (Å²) in [6, 6.07) is 17.1. The molecule has 134 valence electrons. The van der Waals surface area contributed by atoms with Gasteiger partial charge in [0.15, 0.2) is 0 Å². The normalized spacial score (nSPS) is 10.5. The molecule has 0 fully saturated rings. The van der Waals surface area contributed by atoms with Gasteiger partial charge >= 0.3 is 0 Å². The van der Waals surface area contributed by atoms with Gasteiger partial charge in [0, 0.05) is 5.69 Å². The van der Waals surface area contributed by atoms with E-state index in [0.29, 0.717) is 24.1 Å². The van der Waals surface area contributed by atoms with E-state index in [9.17, 15) is 4.79 Å². The van der Waals surface area contributed by atoms with Crippen LogP contribution in [0.4, 0.5) is 5.69 Å². The summed E-state index contributed by atoms with van der Waals surface area (Å²) in [5, 5.41) is 7.19. The molecule has 1 N–H and O–H groups in total. The van der Waals surface area contributed by atoms with Gasteiger partial charge in [0.2, 0.25) is 17.0 Å². The molecule has 0 radical (unpaired) electrons. The Morgan fingerprint density at radius 1 is 1.15 bits per heavy atom. The van der Waals surface area contributed by atoms with E-state index < -0.39 is 0 Å². The van der Waals surface area contributed by atoms with Gasteiger partial charge in [0.1, 0.15) is 5.75 Å². The highest BCUT2D eigenvalue weighted by Gasteiger charge is 2.10. The fourth-order valence-electron chi connectivity index (χ4n) is 2.27. The summed E-state index contributed by atoms with van der Waals surface area (Å²) in [5.74, 6) is 1.38. The molecule has 3 rings (SSSR count). The lowest BCUT2D eigenvalue weighted by Crippen LogP contribution is -2.14. The third-order valence-corrected chi connectivity index (χ3v) is 4.26. The van der Waals surface area contributed by atoms with Crippen molar-refractivity contribution in [3.63, 3.8) is 0 Å². The summed E-state index contributed by atoms with van der Waals surface area (Å²) in [7, 11) is 0. The predicted octanol–water partition coefficient (Wildman–Crippen LogP) is 3.79. The van der Waals surface area contributed by atoms with Crippen LogP contribution in [-0.4, -0.2) is 28.4 Å². The Morgan fingerprint density at radius 3 is 2.65 bits per heavy atom. The fourth-order valence-corrected chi connectivity index (χ4v) is 2.86. The zero-order valence-corrected chi connectivity index (χ0v) is 15.2. The van der Waals surface area contributed by atoms with Gasteiger partial charge in [-0.15, -0.1) is 0 Å². The second-order valence-electron chi connectivity index (χ2n) is 5.43. The molecule has 0 saturated carbocycles. The van der Waals surface area contributed by atoms with Crippen molar-refractivity contribution in [1.29, 1.82) is 0 Å². The largest absolute Gasteiger partial charge is 0.494 e. The van der Waals surface area contributed by atoms with Crippen LogP contribution in [0, 0.1) is 0 Å². The lowest BCUT2D eigenvalue weighted by atomic mass is 10.2. The zero-order valence-electron chi connectivity index (χ0n) is 14.3. The van der Waals surface area contributed by atoms with Crippen LogP contribution in [0.3, 0.4) is 0 Å². The van der Waals surface area contributed by atoms with Crippen molar-refractivity contribution in [3.8, 4) is 5.75 Å². The summed E-state index contributed by atoms with van der Waals surface area (Å²) >= 11 is 1.24. The first-order chi connectivity index (χ1) is 12.7. The molecule has 26 heavy (non-hydrogen) atoms. The Balaban J connectivity index is 1.47. The number of ether oxygens (including phenoxy) is 1. The molecule has 0 aliphatic carbocycles. The molecule has 0 aliphatic rings. The zero-order chi connectivity index (χ0) is 18.2. The Hall–Kier alpha value is -2.80. The molecule has 1 aromatic heterocycles. The van der Waals surface area contributed by atoms with Gasteiger partial charge in [-0.05, 0) is 36.8 Å². The van der Waals surface area contributed by atoms with Crippen LogP contribution in [0.25, 0.3) is 0 Å². The van der Waals surface area contributed by atoms with Crippen molar-refractivity contribution in [3.05, 3.63) is 66.1 Å². The molecule has 0 unspecified atom stereocenters. The molecule has 1 amide bonds. The standard InChI is InChI=1S/C19H19N3O3S/c1-2-24-16-10-8-15(9-11-16)20-17(23)13-26-19-21-18(25-22-19)12-14-6-4-3-5-7-14/h3-11H,2,12-13H2,1H3,(H,20,23). The summed E-state index contributed by atoms with van der Waals surface area (Å²) in [5.41, 5.74) is 1.82. The van der Waals surface area contributed by atoms with Gasteiger partial charge in [-0.25, -0.2) is 0 Å². The molecular formula is C19H19N3O3S. The van der Waals surface area contributed by atoms with E-state index in [1.54, 1.807) is 12.1 Å². The molecule has 2 aromatic carbocycles. The SMILES string of the molecule is CCOc1ccc(NC(=O)CSc2noc(Cc3ccccc3)n2)cc1. The second-order valence-corrected chi connectivity index (χ2v) is 6.37. The lowest BCUT2D eigenvalue weighted by molar-refractivity contribution is -0.113. The maximum Gasteiger partial charge on any atom is 0.234 e. The highest BCUT2D eigenvalue weighted by molar-refractivity contribution is 7.99. The fraction of sp³-hybridized carbons (Fsp3) is 0.211. The predicted molar refractivity (Wildman–Crippen MR) is 101 cm³/mol. The van der Waals surface area contributed by atoms with Crippen molar-refractivity contribution in [2.24, 2.45) is 0 Å². The van der Waals surface area contributed by atoms with Gasteiger partial charge in [-0.1, -0.05) is 47.3 Å². The van der Waals surface area contributed by atoms with Crippen molar-refractivity contribution in [2.75, 3.05) is 17.7 Å². The minimum Gasteiger partial charge on any atom is -0.494 e. The molecule has 3 aromatic rings. The minimum atomic E-state index is -0.131. The molecule has 0 atom stereocenters. The summed E-state index contributed by atoms with van der Waals surface area (Å²) in [6.07, 6.45) is 0.576. The molecule has 0 saturated heterocycles. The van der Waals surface area contributed by atoms with Gasteiger partial charge in [-0.3, -0.25) is 4.79 Å². The average molecular weight is 369 g/mol. The number of nitrogens with zero attached hydrogens (tertiary/aromatic N) is 2. The molecule has 0 bridgehead atoms. The highest BCUT2D eigenvalue weighted by atomic mass is 32.2. The number of rotatable bonds is 8. The Labute approximate surface area is 156 Å². The first kappa shape index (κ1) is 18.0. The van der Waals surface area contributed by atoms with Crippen LogP contribution < -0.4 is 10.1 Å². The van der Waals surface area contributed by atoms with Crippen LogP contribution >= 0.6 is 11.8 Å². The van der Waals surface area contributed by atoms with Crippen molar-refractivity contribution >= 4 is 23.4 Å². The van der Waals surface area contributed by atoms with Gasteiger partial charge < -0.3 is 14.6 Å². The van der Waals surface area contributed by atoms with Gasteiger partial charge in [0.05, 0.1) is 18.8 Å². The van der Waals surface area contributed by atoms with Crippen LogP contribution in [0.1, 0.15) is 18.4 Å².